The van der Waals surface area contributed by atoms with Crippen LogP contribution in [0.4, 0.5) is 18.0 Å². The Morgan fingerprint density at radius 2 is 2.00 bits per heavy atom. The topological polar surface area (TPSA) is 65.5 Å². The number of aliphatic hydroxyl groups excluding tert-OH is 1. The van der Waals surface area contributed by atoms with Crippen LogP contribution in [0.2, 0.25) is 0 Å². The fraction of sp³-hybridized carbons (Fsp3) is 0.444. The average molecular weight is 399 g/mol. The summed E-state index contributed by atoms with van der Waals surface area (Å²) in [7, 11) is 1.70. The zero-order valence-electron chi connectivity index (χ0n) is 14.7. The molecule has 1 fully saturated rings. The molecule has 1 aromatic carbocycles. The minimum atomic E-state index is -4.36. The second-order valence-electron chi connectivity index (χ2n) is 6.73. The fourth-order valence-corrected chi connectivity index (χ4v) is 3.70. The van der Waals surface area contributed by atoms with Crippen LogP contribution < -0.4 is 5.32 Å². The summed E-state index contributed by atoms with van der Waals surface area (Å²) >= 11 is 1.34. The predicted molar refractivity (Wildman–Crippen MR) is 96.1 cm³/mol. The largest absolute Gasteiger partial charge is 0.416 e. The Morgan fingerprint density at radius 1 is 1.33 bits per heavy atom. The number of nitrogens with zero attached hydrogens (tertiary/aromatic N) is 2. The fourth-order valence-electron chi connectivity index (χ4n) is 2.96. The van der Waals surface area contributed by atoms with Gasteiger partial charge >= 0.3 is 12.2 Å². The van der Waals surface area contributed by atoms with Gasteiger partial charge in [-0.15, -0.1) is 11.3 Å². The number of urea groups is 1. The molecule has 1 saturated carbocycles. The van der Waals surface area contributed by atoms with Gasteiger partial charge in [-0.1, -0.05) is 12.1 Å². The molecule has 146 valence electrons. The average Bonchev–Trinajstić information content (AvgIpc) is 3.06. The Balaban J connectivity index is 1.52. The van der Waals surface area contributed by atoms with Crippen LogP contribution in [0.3, 0.4) is 0 Å². The van der Waals surface area contributed by atoms with Crippen LogP contribution in [0, 0.1) is 5.92 Å². The van der Waals surface area contributed by atoms with Crippen molar-refractivity contribution in [1.82, 2.24) is 15.2 Å². The molecule has 1 aromatic heterocycles. The number of benzene rings is 1. The number of amides is 2. The van der Waals surface area contributed by atoms with Crippen LogP contribution in [0.25, 0.3) is 11.3 Å². The lowest BCUT2D eigenvalue weighted by molar-refractivity contribution is -0.137. The van der Waals surface area contributed by atoms with E-state index in [2.05, 4.69) is 10.3 Å². The van der Waals surface area contributed by atoms with Crippen LogP contribution in [0.5, 0.6) is 0 Å². The summed E-state index contributed by atoms with van der Waals surface area (Å²) in [5.41, 5.74) is 0.475. The summed E-state index contributed by atoms with van der Waals surface area (Å²) in [4.78, 5) is 18.1. The highest BCUT2D eigenvalue weighted by atomic mass is 32.1. The maximum atomic E-state index is 12.6. The van der Waals surface area contributed by atoms with Gasteiger partial charge in [0.05, 0.1) is 23.9 Å². The van der Waals surface area contributed by atoms with E-state index >= 15 is 0 Å². The van der Waals surface area contributed by atoms with E-state index in [1.807, 2.05) is 0 Å². The third-order valence-corrected chi connectivity index (χ3v) is 5.39. The third kappa shape index (κ3) is 4.98. The Bertz CT molecular complexity index is 786. The summed E-state index contributed by atoms with van der Waals surface area (Å²) in [6.45, 7) is 0.847. The van der Waals surface area contributed by atoms with Gasteiger partial charge < -0.3 is 15.3 Å². The summed E-state index contributed by atoms with van der Waals surface area (Å²) in [6, 6.07) is 4.62. The normalized spacial score (nSPS) is 19.4. The van der Waals surface area contributed by atoms with E-state index in [-0.39, 0.29) is 18.7 Å². The highest BCUT2D eigenvalue weighted by Gasteiger charge is 2.30. The van der Waals surface area contributed by atoms with Gasteiger partial charge in [0.25, 0.3) is 0 Å². The van der Waals surface area contributed by atoms with Crippen molar-refractivity contribution in [2.24, 2.45) is 5.92 Å². The summed E-state index contributed by atoms with van der Waals surface area (Å²) < 4.78 is 37.9. The second kappa shape index (κ2) is 7.85. The van der Waals surface area contributed by atoms with Crippen molar-refractivity contribution in [1.29, 1.82) is 0 Å². The minimum absolute atomic E-state index is 0.220. The van der Waals surface area contributed by atoms with E-state index < -0.39 is 11.7 Å². The number of carbonyl (C=O) groups is 1. The number of carbonyl (C=O) groups excluding carboxylic acids is 1. The van der Waals surface area contributed by atoms with Crippen LogP contribution in [0.15, 0.2) is 29.6 Å². The molecule has 0 radical (unpaired) electrons. The highest BCUT2D eigenvalue weighted by Crippen LogP contribution is 2.31. The number of aliphatic hydroxyl groups is 1. The van der Waals surface area contributed by atoms with E-state index in [1.165, 1.54) is 23.5 Å². The summed E-state index contributed by atoms with van der Waals surface area (Å²) in [5, 5.41) is 14.5. The van der Waals surface area contributed by atoms with Crippen molar-refractivity contribution in [3.63, 3.8) is 0 Å². The number of halogens is 3. The molecule has 2 N–H and O–H groups in total. The second-order valence-corrected chi connectivity index (χ2v) is 7.67. The molecule has 1 aliphatic carbocycles. The van der Waals surface area contributed by atoms with Crippen molar-refractivity contribution in [3.05, 3.63) is 40.2 Å². The van der Waals surface area contributed by atoms with Gasteiger partial charge in [-0.05, 0) is 30.9 Å². The molecule has 2 amide bonds. The number of alkyl halides is 3. The van der Waals surface area contributed by atoms with Crippen LogP contribution in [-0.2, 0) is 12.7 Å². The van der Waals surface area contributed by atoms with Crippen molar-refractivity contribution < 1.29 is 23.1 Å². The predicted octanol–water partition coefficient (Wildman–Crippen LogP) is 3.74. The molecule has 27 heavy (non-hydrogen) atoms. The zero-order valence-corrected chi connectivity index (χ0v) is 15.5. The van der Waals surface area contributed by atoms with E-state index in [0.29, 0.717) is 28.7 Å². The molecule has 0 atom stereocenters. The maximum absolute atomic E-state index is 12.6. The lowest BCUT2D eigenvalue weighted by atomic mass is 9.82. The first-order valence-electron chi connectivity index (χ1n) is 8.51. The number of aromatic nitrogens is 1. The number of thiazole rings is 1. The SMILES string of the molecule is CN(CC1CC(O)C1)C(=O)NCc1nc(-c2ccc(C(F)(F)F)cc2)cs1. The molecule has 0 bridgehead atoms. The Hall–Kier alpha value is -2.13. The molecule has 5 nitrogen and oxygen atoms in total. The van der Waals surface area contributed by atoms with E-state index in [9.17, 15) is 23.1 Å². The minimum Gasteiger partial charge on any atom is -0.393 e. The Morgan fingerprint density at radius 3 is 2.59 bits per heavy atom. The van der Waals surface area contributed by atoms with Crippen molar-refractivity contribution in [2.45, 2.75) is 31.7 Å². The van der Waals surface area contributed by atoms with Gasteiger partial charge in [0, 0.05) is 24.5 Å². The smallest absolute Gasteiger partial charge is 0.393 e. The summed E-state index contributed by atoms with van der Waals surface area (Å²) in [6.07, 6.45) is -3.16. The molecule has 0 aliphatic heterocycles. The van der Waals surface area contributed by atoms with Crippen molar-refractivity contribution >= 4 is 17.4 Å². The van der Waals surface area contributed by atoms with Crippen molar-refractivity contribution in [3.8, 4) is 11.3 Å². The lowest BCUT2D eigenvalue weighted by Gasteiger charge is -2.34. The monoisotopic (exact) mass is 399 g/mol. The van der Waals surface area contributed by atoms with Gasteiger partial charge in [0.15, 0.2) is 0 Å². The standard InChI is InChI=1S/C18H20F3N3O2S/c1-24(9-11-6-14(25)7-11)17(26)22-8-16-23-15(10-27-16)12-2-4-13(5-3-12)18(19,20)21/h2-5,10-11,14,25H,6-9H2,1H3,(H,22,26). The lowest BCUT2D eigenvalue weighted by Crippen LogP contribution is -2.43. The number of rotatable bonds is 5. The molecule has 9 heteroatoms. The van der Waals surface area contributed by atoms with Crippen LogP contribution in [-0.4, -0.2) is 40.7 Å². The Labute approximate surface area is 158 Å². The molecule has 1 aliphatic rings. The van der Waals surface area contributed by atoms with E-state index in [0.717, 1.165) is 25.0 Å². The number of hydrogen-bond acceptors (Lipinski definition) is 4. The summed E-state index contributed by atoms with van der Waals surface area (Å²) in [5.74, 6) is 0.335. The van der Waals surface area contributed by atoms with Gasteiger partial charge in [0.1, 0.15) is 5.01 Å². The number of nitrogens with one attached hydrogen (secondary N) is 1. The first kappa shape index (κ1) is 19.6. The third-order valence-electron chi connectivity index (χ3n) is 4.54. The quantitative estimate of drug-likeness (QED) is 0.805. The maximum Gasteiger partial charge on any atom is 0.416 e. The molecule has 3 rings (SSSR count). The van der Waals surface area contributed by atoms with Gasteiger partial charge in [0.2, 0.25) is 0 Å². The van der Waals surface area contributed by atoms with Gasteiger partial charge in [-0.25, -0.2) is 9.78 Å². The van der Waals surface area contributed by atoms with E-state index in [4.69, 9.17) is 0 Å². The molecule has 1 heterocycles. The highest BCUT2D eigenvalue weighted by molar-refractivity contribution is 7.09. The van der Waals surface area contributed by atoms with E-state index in [1.54, 1.807) is 17.3 Å². The molecular weight excluding hydrogens is 379 g/mol. The molecule has 2 aromatic rings. The molecule has 0 saturated heterocycles. The molecular formula is C18H20F3N3O2S. The molecule has 0 spiro atoms. The van der Waals surface area contributed by atoms with Crippen LogP contribution in [0.1, 0.15) is 23.4 Å². The van der Waals surface area contributed by atoms with Gasteiger partial charge in [-0.2, -0.15) is 13.2 Å². The first-order valence-corrected chi connectivity index (χ1v) is 9.39. The van der Waals surface area contributed by atoms with Crippen LogP contribution >= 0.6 is 11.3 Å². The van der Waals surface area contributed by atoms with Crippen molar-refractivity contribution in [2.75, 3.05) is 13.6 Å². The van der Waals surface area contributed by atoms with Gasteiger partial charge in [-0.3, -0.25) is 0 Å². The first-order chi connectivity index (χ1) is 12.7. The Kier molecular flexibility index (Phi) is 5.71. The number of hydrogen-bond donors (Lipinski definition) is 2. The zero-order chi connectivity index (χ0) is 19.6. The molecule has 0 unspecified atom stereocenters.